The van der Waals surface area contributed by atoms with Crippen molar-refractivity contribution in [3.05, 3.63) is 47.9 Å². The molecule has 1 aromatic carbocycles. The highest BCUT2D eigenvalue weighted by Crippen LogP contribution is 2.29. The third-order valence-corrected chi connectivity index (χ3v) is 3.51. The van der Waals surface area contributed by atoms with Crippen molar-refractivity contribution >= 4 is 5.91 Å². The smallest absolute Gasteiger partial charge is 0.403 e. The van der Waals surface area contributed by atoms with Gasteiger partial charge in [0.05, 0.1) is 5.69 Å². The van der Waals surface area contributed by atoms with Gasteiger partial charge in [0.15, 0.2) is 11.6 Å². The summed E-state index contributed by atoms with van der Waals surface area (Å²) in [6.45, 7) is 3.26. The second-order valence-corrected chi connectivity index (χ2v) is 5.76. The number of nitrogens with one attached hydrogen (secondary N) is 2. The Bertz CT molecular complexity index is 781. The van der Waals surface area contributed by atoms with Gasteiger partial charge in [-0.1, -0.05) is 0 Å². The Balaban J connectivity index is 1.96. The van der Waals surface area contributed by atoms with Crippen molar-refractivity contribution in [1.29, 1.82) is 0 Å². The van der Waals surface area contributed by atoms with E-state index < -0.39 is 17.9 Å². The van der Waals surface area contributed by atoms with Gasteiger partial charge in [0, 0.05) is 31.8 Å². The molecule has 0 bridgehead atoms. The molecule has 0 aliphatic rings. The first kappa shape index (κ1) is 20.6. The molecule has 9 heteroatoms. The standard InChI is InChI=1S/C18H19F4N3O2/c1-12(26)24-7-2-6-23-11-13-5-8-25-16(9-13)14-3-4-17(15(19)10-14)27-18(20,21)22/h3-5,8-10,23H,2,6-7,11H2,1H3,(H,24,26). The summed E-state index contributed by atoms with van der Waals surface area (Å²) in [5.41, 5.74) is 1.66. The highest BCUT2D eigenvalue weighted by Gasteiger charge is 2.32. The van der Waals surface area contributed by atoms with Crippen LogP contribution in [0.5, 0.6) is 5.75 Å². The van der Waals surface area contributed by atoms with E-state index in [-0.39, 0.29) is 5.91 Å². The van der Waals surface area contributed by atoms with Crippen LogP contribution in [0.15, 0.2) is 36.5 Å². The van der Waals surface area contributed by atoms with Crippen LogP contribution < -0.4 is 15.4 Å². The lowest BCUT2D eigenvalue weighted by atomic mass is 10.1. The Morgan fingerprint density at radius 2 is 1.96 bits per heavy atom. The van der Waals surface area contributed by atoms with Crippen LogP contribution in [0.25, 0.3) is 11.3 Å². The summed E-state index contributed by atoms with van der Waals surface area (Å²) in [6, 6.07) is 6.69. The highest BCUT2D eigenvalue weighted by molar-refractivity contribution is 5.72. The number of amides is 1. The number of carbonyl (C=O) groups excluding carboxylic acids is 1. The molecule has 1 heterocycles. The molecule has 0 aliphatic heterocycles. The topological polar surface area (TPSA) is 63.2 Å². The lowest BCUT2D eigenvalue weighted by molar-refractivity contribution is -0.275. The van der Waals surface area contributed by atoms with Crippen molar-refractivity contribution in [3.8, 4) is 17.0 Å². The Kier molecular flexibility index (Phi) is 7.12. The normalized spacial score (nSPS) is 11.3. The number of pyridine rings is 1. The highest BCUT2D eigenvalue weighted by atomic mass is 19.4. The molecular weight excluding hydrogens is 366 g/mol. The molecule has 2 N–H and O–H groups in total. The molecule has 1 amide bonds. The summed E-state index contributed by atoms with van der Waals surface area (Å²) in [5, 5.41) is 5.90. The number of nitrogens with zero attached hydrogens (tertiary/aromatic N) is 1. The number of hydrogen-bond donors (Lipinski definition) is 2. The SMILES string of the molecule is CC(=O)NCCCNCc1ccnc(-c2ccc(OC(F)(F)F)c(F)c2)c1. The van der Waals surface area contributed by atoms with E-state index in [1.807, 2.05) is 0 Å². The number of ether oxygens (including phenoxy) is 1. The van der Waals surface area contributed by atoms with Crippen LogP contribution in [0.1, 0.15) is 18.9 Å². The largest absolute Gasteiger partial charge is 0.573 e. The van der Waals surface area contributed by atoms with Crippen LogP contribution >= 0.6 is 0 Å². The zero-order valence-corrected chi connectivity index (χ0v) is 14.6. The summed E-state index contributed by atoms with van der Waals surface area (Å²) in [7, 11) is 0. The molecule has 5 nitrogen and oxygen atoms in total. The molecule has 0 saturated heterocycles. The van der Waals surface area contributed by atoms with E-state index in [4.69, 9.17) is 0 Å². The molecule has 0 fully saturated rings. The fourth-order valence-corrected chi connectivity index (χ4v) is 2.32. The second kappa shape index (κ2) is 9.31. The molecule has 2 aromatic rings. The molecule has 2 rings (SSSR count). The molecule has 0 radical (unpaired) electrons. The van der Waals surface area contributed by atoms with E-state index >= 15 is 0 Å². The third-order valence-electron chi connectivity index (χ3n) is 3.51. The summed E-state index contributed by atoms with van der Waals surface area (Å²) in [5.74, 6) is -2.08. The number of carbonyl (C=O) groups is 1. The van der Waals surface area contributed by atoms with Gasteiger partial charge in [-0.3, -0.25) is 9.78 Å². The van der Waals surface area contributed by atoms with E-state index in [0.717, 1.165) is 24.1 Å². The lowest BCUT2D eigenvalue weighted by Crippen LogP contribution is -2.24. The van der Waals surface area contributed by atoms with Gasteiger partial charge in [0.2, 0.25) is 5.91 Å². The molecular formula is C18H19F4N3O2. The van der Waals surface area contributed by atoms with Gasteiger partial charge in [0.25, 0.3) is 0 Å². The average Bonchev–Trinajstić information content (AvgIpc) is 2.58. The van der Waals surface area contributed by atoms with Crippen molar-refractivity contribution < 1.29 is 27.1 Å². The molecule has 0 unspecified atom stereocenters. The molecule has 0 atom stereocenters. The van der Waals surface area contributed by atoms with Crippen LogP contribution in [0.3, 0.4) is 0 Å². The van der Waals surface area contributed by atoms with Gasteiger partial charge in [-0.2, -0.15) is 0 Å². The maximum Gasteiger partial charge on any atom is 0.573 e. The minimum absolute atomic E-state index is 0.0762. The van der Waals surface area contributed by atoms with Gasteiger partial charge in [-0.25, -0.2) is 4.39 Å². The Labute approximate surface area is 153 Å². The van der Waals surface area contributed by atoms with Crippen LogP contribution in [0, 0.1) is 5.82 Å². The van der Waals surface area contributed by atoms with Crippen molar-refractivity contribution in [3.63, 3.8) is 0 Å². The number of halogens is 4. The maximum absolute atomic E-state index is 13.8. The van der Waals surface area contributed by atoms with Crippen LogP contribution in [-0.2, 0) is 11.3 Å². The number of rotatable bonds is 8. The van der Waals surface area contributed by atoms with E-state index in [2.05, 4.69) is 20.4 Å². The lowest BCUT2D eigenvalue weighted by Gasteiger charge is -2.11. The summed E-state index contributed by atoms with van der Waals surface area (Å²) >= 11 is 0. The van der Waals surface area contributed by atoms with Crippen molar-refractivity contribution in [1.82, 2.24) is 15.6 Å². The second-order valence-electron chi connectivity index (χ2n) is 5.76. The fourth-order valence-electron chi connectivity index (χ4n) is 2.32. The zero-order valence-electron chi connectivity index (χ0n) is 14.6. The minimum atomic E-state index is -4.95. The first-order valence-electron chi connectivity index (χ1n) is 8.20. The van der Waals surface area contributed by atoms with Crippen molar-refractivity contribution in [2.24, 2.45) is 0 Å². The summed E-state index contributed by atoms with van der Waals surface area (Å²) in [4.78, 5) is 14.9. The summed E-state index contributed by atoms with van der Waals surface area (Å²) < 4.78 is 54.1. The maximum atomic E-state index is 13.8. The molecule has 1 aromatic heterocycles. The minimum Gasteiger partial charge on any atom is -0.403 e. The Morgan fingerprint density at radius 3 is 2.63 bits per heavy atom. The predicted molar refractivity (Wildman–Crippen MR) is 91.3 cm³/mol. The van der Waals surface area contributed by atoms with E-state index in [0.29, 0.717) is 30.9 Å². The fraction of sp³-hybridized carbons (Fsp3) is 0.333. The van der Waals surface area contributed by atoms with E-state index in [1.54, 1.807) is 18.3 Å². The van der Waals surface area contributed by atoms with Gasteiger partial charge in [0.1, 0.15) is 0 Å². The van der Waals surface area contributed by atoms with Crippen molar-refractivity contribution in [2.75, 3.05) is 13.1 Å². The van der Waals surface area contributed by atoms with Crippen LogP contribution in [-0.4, -0.2) is 30.3 Å². The van der Waals surface area contributed by atoms with Gasteiger partial charge in [-0.15, -0.1) is 13.2 Å². The average molecular weight is 385 g/mol. The quantitative estimate of drug-likeness (QED) is 0.540. The number of benzene rings is 1. The number of hydrogen-bond acceptors (Lipinski definition) is 4. The predicted octanol–water partition coefficient (Wildman–Crippen LogP) is 3.40. The number of aromatic nitrogens is 1. The number of alkyl halides is 3. The Morgan fingerprint density at radius 1 is 1.19 bits per heavy atom. The third kappa shape index (κ3) is 7.22. The van der Waals surface area contributed by atoms with E-state index in [1.165, 1.54) is 13.0 Å². The van der Waals surface area contributed by atoms with Gasteiger partial charge in [-0.05, 0) is 48.9 Å². The van der Waals surface area contributed by atoms with Crippen LogP contribution in [0.2, 0.25) is 0 Å². The molecule has 27 heavy (non-hydrogen) atoms. The zero-order chi connectivity index (χ0) is 19.9. The van der Waals surface area contributed by atoms with Crippen LogP contribution in [0.4, 0.5) is 17.6 Å². The molecule has 0 saturated carbocycles. The molecule has 0 spiro atoms. The first-order chi connectivity index (χ1) is 12.7. The van der Waals surface area contributed by atoms with Gasteiger partial charge < -0.3 is 15.4 Å². The Hall–Kier alpha value is -2.68. The molecule has 0 aliphatic carbocycles. The first-order valence-corrected chi connectivity index (χ1v) is 8.20. The van der Waals surface area contributed by atoms with Crippen molar-refractivity contribution in [2.45, 2.75) is 26.3 Å². The van der Waals surface area contributed by atoms with E-state index in [9.17, 15) is 22.4 Å². The monoisotopic (exact) mass is 385 g/mol. The van der Waals surface area contributed by atoms with Gasteiger partial charge >= 0.3 is 6.36 Å². The summed E-state index contributed by atoms with van der Waals surface area (Å²) in [6.07, 6.45) is -2.64. The molecule has 146 valence electrons.